The zero-order valence-electron chi connectivity index (χ0n) is 17.6. The Labute approximate surface area is 169 Å². The summed E-state index contributed by atoms with van der Waals surface area (Å²) in [4.78, 5) is 18.0. The molecule has 4 heteroatoms. The van der Waals surface area contributed by atoms with Crippen LogP contribution in [0, 0.1) is 6.92 Å². The maximum absolute atomic E-state index is 13.6. The number of hydrogen-bond donors (Lipinski definition) is 0. The van der Waals surface area contributed by atoms with E-state index >= 15 is 0 Å². The molecule has 1 aliphatic rings. The van der Waals surface area contributed by atoms with Crippen molar-refractivity contribution in [3.05, 3.63) is 65.2 Å². The van der Waals surface area contributed by atoms with Gasteiger partial charge in [-0.1, -0.05) is 36.8 Å². The highest BCUT2D eigenvalue weighted by Gasteiger charge is 2.39. The molecule has 0 radical (unpaired) electrons. The Balaban J connectivity index is 1.86. The van der Waals surface area contributed by atoms with Gasteiger partial charge < -0.3 is 9.64 Å². The Morgan fingerprint density at radius 1 is 1.11 bits per heavy atom. The molecule has 1 atom stereocenters. The number of ketones is 1. The van der Waals surface area contributed by atoms with Crippen molar-refractivity contribution in [2.45, 2.75) is 32.2 Å². The van der Waals surface area contributed by atoms with Gasteiger partial charge in [-0.15, -0.1) is 0 Å². The maximum Gasteiger partial charge on any atom is 0.183 e. The van der Waals surface area contributed by atoms with Crippen LogP contribution in [0.4, 0.5) is 5.69 Å². The molecule has 0 aromatic heterocycles. The lowest BCUT2D eigenvalue weighted by Gasteiger charge is -2.38. The quantitative estimate of drug-likeness (QED) is 0.681. The number of Topliss-reactive ketones (excluding diaryl/α,β-unsaturated/α-hetero) is 1. The van der Waals surface area contributed by atoms with Crippen molar-refractivity contribution in [3.8, 4) is 0 Å². The molecule has 1 saturated heterocycles. The number of nitrogens with zero attached hydrogens (tertiary/aromatic N) is 2. The van der Waals surface area contributed by atoms with Crippen molar-refractivity contribution < 1.29 is 9.53 Å². The van der Waals surface area contributed by atoms with Gasteiger partial charge in [0.1, 0.15) is 0 Å². The predicted octanol–water partition coefficient (Wildman–Crippen LogP) is 3.97. The normalized spacial score (nSPS) is 16.8. The summed E-state index contributed by atoms with van der Waals surface area (Å²) in [5.41, 5.74) is 3.82. The van der Waals surface area contributed by atoms with Gasteiger partial charge in [0.15, 0.2) is 5.78 Å². The van der Waals surface area contributed by atoms with Crippen molar-refractivity contribution in [1.82, 2.24) is 4.90 Å². The summed E-state index contributed by atoms with van der Waals surface area (Å²) in [5.74, 6) is 0.190. The van der Waals surface area contributed by atoms with E-state index in [-0.39, 0.29) is 5.78 Å². The Morgan fingerprint density at radius 2 is 1.79 bits per heavy atom. The molecule has 1 aliphatic heterocycles. The molecule has 0 N–H and O–H groups in total. The SMILES string of the molecule is CCC(Cc1cccc(C)c1)(C(=O)c1ccc(N2CCOCC2)cc1)N(C)C. The third-order valence-electron chi connectivity index (χ3n) is 5.95. The van der Waals surface area contributed by atoms with Crippen LogP contribution in [0.15, 0.2) is 48.5 Å². The van der Waals surface area contributed by atoms with Gasteiger partial charge in [-0.3, -0.25) is 9.69 Å². The fourth-order valence-corrected chi connectivity index (χ4v) is 4.12. The summed E-state index contributed by atoms with van der Waals surface area (Å²) < 4.78 is 5.43. The molecule has 2 aromatic carbocycles. The fourth-order valence-electron chi connectivity index (χ4n) is 4.12. The van der Waals surface area contributed by atoms with Crippen molar-refractivity contribution in [1.29, 1.82) is 0 Å². The van der Waals surface area contributed by atoms with Crippen LogP contribution in [-0.4, -0.2) is 56.6 Å². The first-order valence-corrected chi connectivity index (χ1v) is 10.2. The zero-order valence-corrected chi connectivity index (χ0v) is 17.6. The molecule has 0 saturated carbocycles. The molecule has 0 bridgehead atoms. The molecule has 0 amide bonds. The number of aryl methyl sites for hydroxylation is 1. The molecule has 2 aromatic rings. The van der Waals surface area contributed by atoms with Gasteiger partial charge in [0.2, 0.25) is 0 Å². The number of benzene rings is 2. The number of anilines is 1. The number of rotatable bonds is 7. The van der Waals surface area contributed by atoms with E-state index in [0.717, 1.165) is 44.0 Å². The molecule has 0 aliphatic carbocycles. The minimum atomic E-state index is -0.547. The van der Waals surface area contributed by atoms with Gasteiger partial charge in [0.25, 0.3) is 0 Å². The minimum absolute atomic E-state index is 0.190. The minimum Gasteiger partial charge on any atom is -0.378 e. The van der Waals surface area contributed by atoms with Gasteiger partial charge in [0.05, 0.1) is 18.8 Å². The molecule has 3 rings (SSSR count). The lowest BCUT2D eigenvalue weighted by molar-refractivity contribution is 0.0666. The second-order valence-electron chi connectivity index (χ2n) is 7.92. The average molecular weight is 381 g/mol. The van der Waals surface area contributed by atoms with Crippen molar-refractivity contribution in [3.63, 3.8) is 0 Å². The van der Waals surface area contributed by atoms with E-state index in [1.165, 1.54) is 11.1 Å². The van der Waals surface area contributed by atoms with Crippen LogP contribution in [-0.2, 0) is 11.2 Å². The van der Waals surface area contributed by atoms with Crippen LogP contribution in [0.5, 0.6) is 0 Å². The molecule has 1 fully saturated rings. The first-order chi connectivity index (χ1) is 13.5. The first-order valence-electron chi connectivity index (χ1n) is 10.2. The van der Waals surface area contributed by atoms with Crippen LogP contribution in [0.3, 0.4) is 0 Å². The summed E-state index contributed by atoms with van der Waals surface area (Å²) in [6.45, 7) is 7.52. The molecular weight excluding hydrogens is 348 g/mol. The standard InChI is InChI=1S/C24H32N2O2/c1-5-24(25(3)4,18-20-8-6-7-19(2)17-20)23(27)21-9-11-22(12-10-21)26-13-15-28-16-14-26/h6-12,17H,5,13-16,18H2,1-4H3. The molecule has 1 unspecified atom stereocenters. The van der Waals surface area contributed by atoms with E-state index < -0.39 is 5.54 Å². The zero-order chi connectivity index (χ0) is 20.1. The lowest BCUT2D eigenvalue weighted by Crippen LogP contribution is -2.52. The molecule has 1 heterocycles. The van der Waals surface area contributed by atoms with E-state index in [4.69, 9.17) is 4.74 Å². The number of hydrogen-bond acceptors (Lipinski definition) is 4. The third-order valence-corrected chi connectivity index (χ3v) is 5.95. The molecule has 150 valence electrons. The summed E-state index contributed by atoms with van der Waals surface area (Å²) in [5, 5.41) is 0. The third kappa shape index (κ3) is 4.29. The number of ether oxygens (including phenoxy) is 1. The number of carbonyl (C=O) groups excluding carboxylic acids is 1. The summed E-state index contributed by atoms with van der Waals surface area (Å²) in [7, 11) is 4.03. The van der Waals surface area contributed by atoms with Crippen LogP contribution in [0.2, 0.25) is 0 Å². The van der Waals surface area contributed by atoms with Crippen molar-refractivity contribution >= 4 is 11.5 Å². The van der Waals surface area contributed by atoms with E-state index in [1.807, 2.05) is 26.2 Å². The monoisotopic (exact) mass is 380 g/mol. The Morgan fingerprint density at radius 3 is 2.36 bits per heavy atom. The largest absolute Gasteiger partial charge is 0.378 e. The maximum atomic E-state index is 13.6. The van der Waals surface area contributed by atoms with E-state index in [1.54, 1.807) is 0 Å². The molecule has 0 spiro atoms. The Hall–Kier alpha value is -2.17. The van der Waals surface area contributed by atoms with Gasteiger partial charge in [-0.2, -0.15) is 0 Å². The Bertz CT molecular complexity index is 795. The highest BCUT2D eigenvalue weighted by atomic mass is 16.5. The highest BCUT2D eigenvalue weighted by molar-refractivity contribution is 6.03. The van der Waals surface area contributed by atoms with Gasteiger partial charge in [0, 0.05) is 24.3 Å². The fraction of sp³-hybridized carbons (Fsp3) is 0.458. The lowest BCUT2D eigenvalue weighted by atomic mass is 9.80. The summed E-state index contributed by atoms with van der Waals surface area (Å²) in [6, 6.07) is 16.6. The molecule has 4 nitrogen and oxygen atoms in total. The second kappa shape index (κ2) is 8.89. The van der Waals surface area contributed by atoms with E-state index in [9.17, 15) is 4.79 Å². The molecular formula is C24H32N2O2. The van der Waals surface area contributed by atoms with Crippen molar-refractivity contribution in [2.24, 2.45) is 0 Å². The van der Waals surface area contributed by atoms with Gasteiger partial charge in [-0.25, -0.2) is 0 Å². The number of carbonyl (C=O) groups is 1. The van der Waals surface area contributed by atoms with E-state index in [0.29, 0.717) is 6.42 Å². The smallest absolute Gasteiger partial charge is 0.183 e. The average Bonchev–Trinajstić information content (AvgIpc) is 2.72. The number of morpholine rings is 1. The van der Waals surface area contributed by atoms with Crippen molar-refractivity contribution in [2.75, 3.05) is 45.3 Å². The predicted molar refractivity (Wildman–Crippen MR) is 115 cm³/mol. The number of likely N-dealkylation sites (N-methyl/N-ethyl adjacent to an activating group) is 1. The Kier molecular flexibility index (Phi) is 6.53. The second-order valence-corrected chi connectivity index (χ2v) is 7.92. The van der Waals surface area contributed by atoms with Crippen LogP contribution in [0.25, 0.3) is 0 Å². The van der Waals surface area contributed by atoms with Crippen LogP contribution >= 0.6 is 0 Å². The first kappa shape index (κ1) is 20.6. The van der Waals surface area contributed by atoms with Gasteiger partial charge >= 0.3 is 0 Å². The molecule has 28 heavy (non-hydrogen) atoms. The summed E-state index contributed by atoms with van der Waals surface area (Å²) in [6.07, 6.45) is 1.47. The van der Waals surface area contributed by atoms with Crippen LogP contribution < -0.4 is 4.90 Å². The van der Waals surface area contributed by atoms with Gasteiger partial charge in [-0.05, 0) is 63.7 Å². The summed E-state index contributed by atoms with van der Waals surface area (Å²) >= 11 is 0. The topological polar surface area (TPSA) is 32.8 Å². The highest BCUT2D eigenvalue weighted by Crippen LogP contribution is 2.29. The van der Waals surface area contributed by atoms with Crippen LogP contribution in [0.1, 0.15) is 34.8 Å². The van der Waals surface area contributed by atoms with E-state index in [2.05, 4.69) is 60.0 Å².